The van der Waals surface area contributed by atoms with Gasteiger partial charge < -0.3 is 10.3 Å². The summed E-state index contributed by atoms with van der Waals surface area (Å²) in [6, 6.07) is 0. The van der Waals surface area contributed by atoms with Crippen LogP contribution >= 0.6 is 0 Å². The van der Waals surface area contributed by atoms with Gasteiger partial charge in [-0.25, -0.2) is 15.8 Å². The first-order valence-electron chi connectivity index (χ1n) is 5.65. The molecule has 98 valence electrons. The molecule has 2 heterocycles. The summed E-state index contributed by atoms with van der Waals surface area (Å²) in [7, 11) is 0. The Morgan fingerprint density at radius 3 is 2.78 bits per heavy atom. The highest BCUT2D eigenvalue weighted by Crippen LogP contribution is 2.37. The van der Waals surface area contributed by atoms with Crippen molar-refractivity contribution >= 4 is 17.3 Å². The normalized spacial score (nSPS) is 17.8. The van der Waals surface area contributed by atoms with E-state index < -0.39 is 4.92 Å². The Kier molecular flexibility index (Phi) is 3.04. The third-order valence-corrected chi connectivity index (χ3v) is 3.10. The predicted molar refractivity (Wildman–Crippen MR) is 67.1 cm³/mol. The summed E-state index contributed by atoms with van der Waals surface area (Å²) < 4.78 is 0. The van der Waals surface area contributed by atoms with Crippen LogP contribution in [0.3, 0.4) is 0 Å². The van der Waals surface area contributed by atoms with Gasteiger partial charge in [-0.1, -0.05) is 13.8 Å². The summed E-state index contributed by atoms with van der Waals surface area (Å²) >= 11 is 0. The molecule has 0 bridgehead atoms. The molecule has 0 saturated carbocycles. The zero-order valence-electron chi connectivity index (χ0n) is 10.4. The summed E-state index contributed by atoms with van der Waals surface area (Å²) in [5, 5.41) is 11.1. The molecule has 18 heavy (non-hydrogen) atoms. The molecule has 8 nitrogen and oxygen atoms in total. The minimum Gasteiger partial charge on any atom is -0.350 e. The zero-order chi connectivity index (χ0) is 13.3. The number of hydrazine groups is 1. The average Bonchev–Trinajstić information content (AvgIpc) is 2.68. The van der Waals surface area contributed by atoms with Gasteiger partial charge in [-0.05, 0) is 11.8 Å². The molecular weight excluding hydrogens is 236 g/mol. The number of hydrogen-bond donors (Lipinski definition) is 2. The fourth-order valence-electron chi connectivity index (χ4n) is 2.17. The minimum atomic E-state index is -0.504. The highest BCUT2D eigenvalue weighted by Gasteiger charge is 2.35. The summed E-state index contributed by atoms with van der Waals surface area (Å²) in [6.07, 6.45) is 2.25. The van der Waals surface area contributed by atoms with Crippen molar-refractivity contribution in [3.63, 3.8) is 0 Å². The third-order valence-electron chi connectivity index (χ3n) is 3.10. The van der Waals surface area contributed by atoms with Gasteiger partial charge in [-0.3, -0.25) is 10.1 Å². The second kappa shape index (κ2) is 4.37. The maximum atomic E-state index is 11.1. The highest BCUT2D eigenvalue weighted by atomic mass is 16.6. The molecular formula is C10H16N6O2. The number of nitrogen functional groups attached to an aromatic ring is 1. The molecule has 8 heteroatoms. The third kappa shape index (κ3) is 2.19. The van der Waals surface area contributed by atoms with Crippen molar-refractivity contribution in [1.82, 2.24) is 9.97 Å². The van der Waals surface area contributed by atoms with Crippen molar-refractivity contribution in [2.45, 2.75) is 20.3 Å². The van der Waals surface area contributed by atoms with Gasteiger partial charge in [0.2, 0.25) is 11.6 Å². The molecule has 0 atom stereocenters. The zero-order valence-corrected chi connectivity index (χ0v) is 10.4. The van der Waals surface area contributed by atoms with Crippen LogP contribution in [0.1, 0.15) is 20.3 Å². The lowest BCUT2D eigenvalue weighted by molar-refractivity contribution is -0.383. The Balaban J connectivity index is 2.42. The molecule has 0 amide bonds. The molecule has 0 aromatic carbocycles. The van der Waals surface area contributed by atoms with E-state index >= 15 is 0 Å². The van der Waals surface area contributed by atoms with E-state index in [0.717, 1.165) is 19.5 Å². The summed E-state index contributed by atoms with van der Waals surface area (Å²) in [5.41, 5.74) is 2.21. The molecule has 1 aromatic rings. The van der Waals surface area contributed by atoms with Crippen LogP contribution in [-0.2, 0) is 0 Å². The topological polar surface area (TPSA) is 110 Å². The number of hydrogen-bond acceptors (Lipinski definition) is 7. The standard InChI is InChI=1S/C10H16N6O2/c1-10(2)3-4-15(5-10)9-7(16(17)18)8(14-11)12-6-13-9/h6H,3-5,11H2,1-2H3,(H,12,13,14). The lowest BCUT2D eigenvalue weighted by atomic mass is 9.93. The second-order valence-corrected chi connectivity index (χ2v) is 5.13. The number of nitrogens with two attached hydrogens (primary N) is 1. The number of nitrogens with one attached hydrogen (secondary N) is 1. The molecule has 1 fully saturated rings. The number of rotatable bonds is 3. The summed E-state index contributed by atoms with van der Waals surface area (Å²) in [4.78, 5) is 20.3. The van der Waals surface area contributed by atoms with Gasteiger partial charge in [0.15, 0.2) is 0 Å². The molecule has 1 aliphatic heterocycles. The largest absolute Gasteiger partial charge is 0.354 e. The van der Waals surface area contributed by atoms with Crippen molar-refractivity contribution in [3.8, 4) is 0 Å². The smallest absolute Gasteiger partial charge is 0.350 e. The molecule has 1 aliphatic rings. The van der Waals surface area contributed by atoms with Gasteiger partial charge in [0.25, 0.3) is 0 Å². The van der Waals surface area contributed by atoms with E-state index in [0.29, 0.717) is 5.82 Å². The van der Waals surface area contributed by atoms with Crippen molar-refractivity contribution in [3.05, 3.63) is 16.4 Å². The van der Waals surface area contributed by atoms with Crippen LogP contribution in [0.5, 0.6) is 0 Å². The SMILES string of the molecule is CC1(C)CCN(c2ncnc(NN)c2[N+](=O)[O-])C1. The van der Waals surface area contributed by atoms with Crippen LogP contribution in [0, 0.1) is 15.5 Å². The summed E-state index contributed by atoms with van der Waals surface area (Å²) in [5.74, 6) is 5.61. The van der Waals surface area contributed by atoms with Crippen LogP contribution in [0.15, 0.2) is 6.33 Å². The Morgan fingerprint density at radius 2 is 2.28 bits per heavy atom. The van der Waals surface area contributed by atoms with Crippen molar-refractivity contribution in [2.75, 3.05) is 23.4 Å². The first kappa shape index (κ1) is 12.5. The van der Waals surface area contributed by atoms with E-state index in [-0.39, 0.29) is 16.9 Å². The number of anilines is 2. The molecule has 0 unspecified atom stereocenters. The number of nitrogens with zero attached hydrogens (tertiary/aromatic N) is 4. The van der Waals surface area contributed by atoms with Crippen LogP contribution in [0.2, 0.25) is 0 Å². The summed E-state index contributed by atoms with van der Waals surface area (Å²) in [6.45, 7) is 5.73. The Labute approximate surface area is 104 Å². The van der Waals surface area contributed by atoms with Crippen molar-refractivity contribution in [1.29, 1.82) is 0 Å². The Hall–Kier alpha value is -1.96. The van der Waals surface area contributed by atoms with E-state index in [9.17, 15) is 10.1 Å². The molecule has 0 spiro atoms. The Bertz CT molecular complexity index is 475. The van der Waals surface area contributed by atoms with Crippen LogP contribution in [0.25, 0.3) is 0 Å². The number of nitro groups is 1. The van der Waals surface area contributed by atoms with Crippen LogP contribution < -0.4 is 16.2 Å². The Morgan fingerprint density at radius 1 is 1.56 bits per heavy atom. The molecule has 1 saturated heterocycles. The van der Waals surface area contributed by atoms with Gasteiger partial charge in [0.05, 0.1) is 4.92 Å². The van der Waals surface area contributed by atoms with E-state index in [4.69, 9.17) is 5.84 Å². The molecule has 0 radical (unpaired) electrons. The lowest BCUT2D eigenvalue weighted by Gasteiger charge is -2.20. The molecule has 0 aliphatic carbocycles. The van der Waals surface area contributed by atoms with Gasteiger partial charge in [-0.15, -0.1) is 0 Å². The first-order valence-corrected chi connectivity index (χ1v) is 5.65. The second-order valence-electron chi connectivity index (χ2n) is 5.13. The highest BCUT2D eigenvalue weighted by molar-refractivity contribution is 5.70. The van der Waals surface area contributed by atoms with Crippen LogP contribution in [0.4, 0.5) is 17.3 Å². The first-order chi connectivity index (χ1) is 8.44. The van der Waals surface area contributed by atoms with E-state index in [2.05, 4.69) is 29.2 Å². The van der Waals surface area contributed by atoms with Crippen molar-refractivity contribution < 1.29 is 4.92 Å². The van der Waals surface area contributed by atoms with Gasteiger partial charge in [0.1, 0.15) is 6.33 Å². The maximum absolute atomic E-state index is 11.1. The monoisotopic (exact) mass is 252 g/mol. The average molecular weight is 252 g/mol. The van der Waals surface area contributed by atoms with Crippen molar-refractivity contribution in [2.24, 2.45) is 11.3 Å². The quantitative estimate of drug-likeness (QED) is 0.467. The molecule has 3 N–H and O–H groups in total. The van der Waals surface area contributed by atoms with E-state index in [1.807, 2.05) is 4.90 Å². The van der Waals surface area contributed by atoms with E-state index in [1.54, 1.807) is 0 Å². The fraction of sp³-hybridized carbons (Fsp3) is 0.600. The maximum Gasteiger partial charge on any atom is 0.354 e. The van der Waals surface area contributed by atoms with Crippen LogP contribution in [-0.4, -0.2) is 28.0 Å². The van der Waals surface area contributed by atoms with Gasteiger partial charge >= 0.3 is 5.69 Å². The number of aromatic nitrogens is 2. The van der Waals surface area contributed by atoms with E-state index in [1.165, 1.54) is 6.33 Å². The molecule has 1 aromatic heterocycles. The lowest BCUT2D eigenvalue weighted by Crippen LogP contribution is -2.25. The van der Waals surface area contributed by atoms with Gasteiger partial charge in [0, 0.05) is 13.1 Å². The minimum absolute atomic E-state index is 0.0368. The molecule has 2 rings (SSSR count). The fourth-order valence-corrected chi connectivity index (χ4v) is 2.17. The predicted octanol–water partition coefficient (Wildman–Crippen LogP) is 0.907. The van der Waals surface area contributed by atoms with Gasteiger partial charge in [-0.2, -0.15) is 0 Å².